The molecule has 21 heavy (non-hydrogen) atoms. The molecule has 1 aliphatic rings. The Morgan fingerprint density at radius 3 is 2.62 bits per heavy atom. The quantitative estimate of drug-likeness (QED) is 0.927. The lowest BCUT2D eigenvalue weighted by atomic mass is 10.0. The molecule has 8 heteroatoms. The Morgan fingerprint density at radius 1 is 1.38 bits per heavy atom. The van der Waals surface area contributed by atoms with Gasteiger partial charge < -0.3 is 5.11 Å². The van der Waals surface area contributed by atoms with Crippen molar-refractivity contribution in [3.8, 4) is 0 Å². The van der Waals surface area contributed by atoms with Gasteiger partial charge in [0.15, 0.2) is 0 Å². The van der Waals surface area contributed by atoms with Gasteiger partial charge in [0.25, 0.3) is 0 Å². The van der Waals surface area contributed by atoms with Crippen molar-refractivity contribution >= 4 is 10.0 Å². The molecular weight excluding hydrogens is 307 g/mol. The Balaban J connectivity index is 2.40. The summed E-state index contributed by atoms with van der Waals surface area (Å²) in [5, 5.41) is 9.69. The number of sulfonamides is 1. The topological polar surface area (TPSA) is 57.6 Å². The predicted octanol–water partition coefficient (Wildman–Crippen LogP) is 2.16. The maximum absolute atomic E-state index is 12.7. The van der Waals surface area contributed by atoms with Crippen LogP contribution in [0.4, 0.5) is 13.2 Å². The van der Waals surface area contributed by atoms with Crippen LogP contribution < -0.4 is 0 Å². The Bertz CT molecular complexity index is 615. The van der Waals surface area contributed by atoms with E-state index >= 15 is 0 Å². The van der Waals surface area contributed by atoms with Crippen LogP contribution in [0.3, 0.4) is 0 Å². The maximum atomic E-state index is 12.7. The molecule has 1 saturated heterocycles. The average molecular weight is 323 g/mol. The highest BCUT2D eigenvalue weighted by Gasteiger charge is 2.39. The van der Waals surface area contributed by atoms with Crippen LogP contribution in [0, 0.1) is 0 Å². The molecule has 4 nitrogen and oxygen atoms in total. The first kappa shape index (κ1) is 16.3. The first-order valence-corrected chi connectivity index (χ1v) is 8.11. The fourth-order valence-corrected chi connectivity index (χ4v) is 3.81. The molecular formula is C13H16F3NO3S. The van der Waals surface area contributed by atoms with Gasteiger partial charge in [-0.15, -0.1) is 0 Å². The molecule has 0 aliphatic carbocycles. The van der Waals surface area contributed by atoms with E-state index < -0.39 is 33.9 Å². The Hall–Kier alpha value is -1.12. The molecule has 1 aromatic carbocycles. The third-order valence-corrected chi connectivity index (χ3v) is 5.40. The molecule has 1 heterocycles. The first-order valence-electron chi connectivity index (χ1n) is 6.50. The van der Waals surface area contributed by atoms with Crippen LogP contribution in [-0.4, -0.2) is 36.2 Å². The van der Waals surface area contributed by atoms with Gasteiger partial charge in [-0.25, -0.2) is 8.42 Å². The molecule has 118 valence electrons. The zero-order valence-electron chi connectivity index (χ0n) is 11.3. The average Bonchev–Trinajstić information content (AvgIpc) is 2.81. The second-order valence-corrected chi connectivity index (χ2v) is 7.21. The van der Waals surface area contributed by atoms with Crippen LogP contribution in [-0.2, 0) is 16.2 Å². The van der Waals surface area contributed by atoms with E-state index in [1.54, 1.807) is 0 Å². The highest BCUT2D eigenvalue weighted by atomic mass is 32.2. The summed E-state index contributed by atoms with van der Waals surface area (Å²) in [7, 11) is -3.58. The lowest BCUT2D eigenvalue weighted by molar-refractivity contribution is -0.137. The third-order valence-electron chi connectivity index (χ3n) is 3.55. The zero-order chi connectivity index (χ0) is 15.8. The second-order valence-electron chi connectivity index (χ2n) is 5.00. The fourth-order valence-electron chi connectivity index (χ4n) is 2.48. The zero-order valence-corrected chi connectivity index (χ0v) is 12.2. The minimum absolute atomic E-state index is 0.0862. The number of benzene rings is 1. The SMILES string of the molecule is CCS(=O)(=O)N1C[C@@H](O)C[C@@H]1c1cccc(C(F)(F)F)c1. The van der Waals surface area contributed by atoms with Crippen molar-refractivity contribution in [2.24, 2.45) is 0 Å². The molecule has 2 atom stereocenters. The van der Waals surface area contributed by atoms with Gasteiger partial charge in [0.05, 0.1) is 23.5 Å². The van der Waals surface area contributed by atoms with Crippen LogP contribution in [0.25, 0.3) is 0 Å². The summed E-state index contributed by atoms with van der Waals surface area (Å²) in [4.78, 5) is 0. The highest BCUT2D eigenvalue weighted by molar-refractivity contribution is 7.89. The van der Waals surface area contributed by atoms with E-state index in [2.05, 4.69) is 0 Å². The second kappa shape index (κ2) is 5.58. The van der Waals surface area contributed by atoms with Gasteiger partial charge in [-0.1, -0.05) is 12.1 Å². The van der Waals surface area contributed by atoms with E-state index in [1.165, 1.54) is 19.1 Å². The standard InChI is InChI=1S/C13H16F3NO3S/c1-2-21(19,20)17-8-11(18)7-12(17)9-4-3-5-10(6-9)13(14,15)16/h3-6,11-12,18H,2,7-8H2,1H3/t11-,12+/m0/s1. The predicted molar refractivity (Wildman–Crippen MR) is 71.0 cm³/mol. The Labute approximate surface area is 121 Å². The normalized spacial score (nSPS) is 24.4. The summed E-state index contributed by atoms with van der Waals surface area (Å²) in [5.41, 5.74) is -0.575. The van der Waals surface area contributed by atoms with Crippen molar-refractivity contribution in [2.45, 2.75) is 31.7 Å². The molecule has 1 fully saturated rings. The number of hydrogen-bond acceptors (Lipinski definition) is 3. The lowest BCUT2D eigenvalue weighted by Gasteiger charge is -2.24. The van der Waals surface area contributed by atoms with Crippen LogP contribution in [0.5, 0.6) is 0 Å². The molecule has 0 bridgehead atoms. The van der Waals surface area contributed by atoms with Crippen LogP contribution >= 0.6 is 0 Å². The fraction of sp³-hybridized carbons (Fsp3) is 0.538. The monoisotopic (exact) mass is 323 g/mol. The molecule has 0 aromatic heterocycles. The molecule has 0 saturated carbocycles. The largest absolute Gasteiger partial charge is 0.416 e. The Kier molecular flexibility index (Phi) is 4.32. The van der Waals surface area contributed by atoms with Gasteiger partial charge >= 0.3 is 6.18 Å². The Morgan fingerprint density at radius 2 is 2.05 bits per heavy atom. The summed E-state index contributed by atoms with van der Waals surface area (Å²) < 4.78 is 63.3. The molecule has 0 amide bonds. The van der Waals surface area contributed by atoms with Gasteiger partial charge in [0, 0.05) is 6.54 Å². The van der Waals surface area contributed by atoms with E-state index in [9.17, 15) is 26.7 Å². The number of β-amino-alcohol motifs (C(OH)–C–C–N with tert-alkyl or cyclic N) is 1. The summed E-state index contributed by atoms with van der Waals surface area (Å²) in [5.74, 6) is -0.158. The number of hydrogen-bond donors (Lipinski definition) is 1. The van der Waals surface area contributed by atoms with Gasteiger partial charge in [-0.2, -0.15) is 17.5 Å². The maximum Gasteiger partial charge on any atom is 0.416 e. The van der Waals surface area contributed by atoms with E-state index in [-0.39, 0.29) is 24.3 Å². The molecule has 1 N–H and O–H groups in total. The summed E-state index contributed by atoms with van der Waals surface area (Å²) in [6.07, 6.45) is -5.26. The molecule has 0 spiro atoms. The number of aliphatic hydroxyl groups excluding tert-OH is 1. The molecule has 2 rings (SSSR count). The lowest BCUT2D eigenvalue weighted by Crippen LogP contribution is -2.33. The summed E-state index contributed by atoms with van der Waals surface area (Å²) >= 11 is 0. The minimum Gasteiger partial charge on any atom is -0.392 e. The summed E-state index contributed by atoms with van der Waals surface area (Å²) in [6, 6.07) is 3.83. The van der Waals surface area contributed by atoms with Gasteiger partial charge in [0.2, 0.25) is 10.0 Å². The van der Waals surface area contributed by atoms with Crippen molar-refractivity contribution < 1.29 is 26.7 Å². The number of nitrogens with zero attached hydrogens (tertiary/aromatic N) is 1. The van der Waals surface area contributed by atoms with Crippen molar-refractivity contribution in [1.82, 2.24) is 4.31 Å². The summed E-state index contributed by atoms with van der Waals surface area (Å²) in [6.45, 7) is 1.38. The van der Waals surface area contributed by atoms with E-state index in [0.717, 1.165) is 16.4 Å². The highest BCUT2D eigenvalue weighted by Crippen LogP contribution is 2.37. The van der Waals surface area contributed by atoms with E-state index in [0.29, 0.717) is 0 Å². The smallest absolute Gasteiger partial charge is 0.392 e. The van der Waals surface area contributed by atoms with Crippen molar-refractivity contribution in [2.75, 3.05) is 12.3 Å². The molecule has 0 radical (unpaired) electrons. The number of aliphatic hydroxyl groups is 1. The molecule has 0 unspecified atom stereocenters. The van der Waals surface area contributed by atoms with Crippen molar-refractivity contribution in [3.63, 3.8) is 0 Å². The van der Waals surface area contributed by atoms with Crippen molar-refractivity contribution in [3.05, 3.63) is 35.4 Å². The van der Waals surface area contributed by atoms with Crippen LogP contribution in [0.1, 0.15) is 30.5 Å². The van der Waals surface area contributed by atoms with Crippen LogP contribution in [0.2, 0.25) is 0 Å². The molecule has 1 aliphatic heterocycles. The molecule has 1 aromatic rings. The number of alkyl halides is 3. The van der Waals surface area contributed by atoms with Crippen LogP contribution in [0.15, 0.2) is 24.3 Å². The van der Waals surface area contributed by atoms with E-state index in [1.807, 2.05) is 0 Å². The number of halogens is 3. The number of rotatable bonds is 3. The first-order chi connectivity index (χ1) is 9.65. The minimum atomic E-state index is -4.48. The third kappa shape index (κ3) is 3.38. The van der Waals surface area contributed by atoms with E-state index in [4.69, 9.17) is 0 Å². The van der Waals surface area contributed by atoms with Gasteiger partial charge in [0.1, 0.15) is 0 Å². The van der Waals surface area contributed by atoms with Gasteiger partial charge in [-0.05, 0) is 31.0 Å². The van der Waals surface area contributed by atoms with Gasteiger partial charge in [-0.3, -0.25) is 0 Å². The van der Waals surface area contributed by atoms with Crippen molar-refractivity contribution in [1.29, 1.82) is 0 Å².